The Kier molecular flexibility index (Phi) is 6.68. The number of pyridine rings is 1. The normalized spacial score (nSPS) is 23.4. The summed E-state index contributed by atoms with van der Waals surface area (Å²) >= 11 is 0. The zero-order chi connectivity index (χ0) is 26.5. The number of benzene rings is 1. The zero-order valence-corrected chi connectivity index (χ0v) is 19.8. The summed E-state index contributed by atoms with van der Waals surface area (Å²) in [5.41, 5.74) is -3.60. The van der Waals surface area contributed by atoms with Gasteiger partial charge in [0.2, 0.25) is 5.91 Å². The first-order valence-corrected chi connectivity index (χ1v) is 11.9. The fraction of sp³-hybridized carbons (Fsp3) is 0.600. The van der Waals surface area contributed by atoms with Gasteiger partial charge < -0.3 is 14.6 Å². The Morgan fingerprint density at radius 2 is 1.75 bits per heavy atom. The van der Waals surface area contributed by atoms with E-state index in [0.717, 1.165) is 31.0 Å². The summed E-state index contributed by atoms with van der Waals surface area (Å²) in [5, 5.41) is 12.0. The number of piperidine rings is 1. The molecule has 1 aliphatic carbocycles. The molecule has 36 heavy (non-hydrogen) atoms. The number of halogens is 6. The third kappa shape index (κ3) is 4.99. The van der Waals surface area contributed by atoms with Gasteiger partial charge in [0.1, 0.15) is 0 Å². The van der Waals surface area contributed by atoms with Crippen LogP contribution in [0, 0.1) is 11.3 Å². The Labute approximate surface area is 203 Å². The van der Waals surface area contributed by atoms with E-state index in [9.17, 15) is 41.0 Å². The van der Waals surface area contributed by atoms with Gasteiger partial charge in [-0.25, -0.2) is 0 Å². The highest BCUT2D eigenvalue weighted by atomic mass is 19.4. The lowest BCUT2D eigenvalue weighted by Gasteiger charge is -2.52. The van der Waals surface area contributed by atoms with Gasteiger partial charge in [-0.05, 0) is 48.9 Å². The van der Waals surface area contributed by atoms with E-state index in [1.165, 1.54) is 28.7 Å². The van der Waals surface area contributed by atoms with Crippen molar-refractivity contribution in [1.82, 2.24) is 9.47 Å². The van der Waals surface area contributed by atoms with Crippen LogP contribution in [0.25, 0.3) is 10.8 Å². The maximum atomic E-state index is 13.1. The Morgan fingerprint density at radius 3 is 2.36 bits per heavy atom. The van der Waals surface area contributed by atoms with E-state index in [0.29, 0.717) is 12.8 Å². The molecule has 2 heterocycles. The highest BCUT2D eigenvalue weighted by molar-refractivity contribution is 5.82. The SMILES string of the molecule is CC(CC(F)(F)F)C(=O)N1CCC(O)(Cn2ccc3cc(C(F)(F)F)ccc3c2=O)C2(CCCC2)C1. The number of fused-ring (bicyclic) bond motifs is 1. The van der Waals surface area contributed by atoms with Gasteiger partial charge in [-0.15, -0.1) is 0 Å². The molecule has 1 saturated heterocycles. The minimum atomic E-state index is -4.55. The van der Waals surface area contributed by atoms with E-state index in [4.69, 9.17) is 0 Å². The minimum absolute atomic E-state index is 0.0521. The highest BCUT2D eigenvalue weighted by Gasteiger charge is 2.56. The van der Waals surface area contributed by atoms with Crippen molar-refractivity contribution in [2.75, 3.05) is 13.1 Å². The van der Waals surface area contributed by atoms with Crippen molar-refractivity contribution in [1.29, 1.82) is 0 Å². The minimum Gasteiger partial charge on any atom is -0.387 e. The molecule has 0 radical (unpaired) electrons. The van der Waals surface area contributed by atoms with Crippen molar-refractivity contribution in [3.8, 4) is 0 Å². The lowest BCUT2D eigenvalue weighted by Crippen LogP contribution is -2.62. The van der Waals surface area contributed by atoms with Crippen molar-refractivity contribution in [3.05, 3.63) is 46.4 Å². The fourth-order valence-electron chi connectivity index (χ4n) is 5.90. The predicted molar refractivity (Wildman–Crippen MR) is 120 cm³/mol. The number of alkyl halides is 6. The van der Waals surface area contributed by atoms with Gasteiger partial charge in [0, 0.05) is 36.0 Å². The summed E-state index contributed by atoms with van der Waals surface area (Å²) in [6.07, 6.45) is -6.14. The number of carbonyl (C=O) groups excluding carboxylic acids is 1. The summed E-state index contributed by atoms with van der Waals surface area (Å²) in [6.45, 7) is 1.28. The Balaban J connectivity index is 1.60. The van der Waals surface area contributed by atoms with Gasteiger partial charge in [0.15, 0.2) is 0 Å². The van der Waals surface area contributed by atoms with Crippen molar-refractivity contribution in [3.63, 3.8) is 0 Å². The molecule has 2 fully saturated rings. The van der Waals surface area contributed by atoms with Gasteiger partial charge >= 0.3 is 12.4 Å². The smallest absolute Gasteiger partial charge is 0.387 e. The maximum Gasteiger partial charge on any atom is 0.416 e. The summed E-state index contributed by atoms with van der Waals surface area (Å²) in [4.78, 5) is 27.3. The van der Waals surface area contributed by atoms with Crippen molar-refractivity contribution < 1.29 is 36.2 Å². The maximum absolute atomic E-state index is 13.1. The van der Waals surface area contributed by atoms with Crippen LogP contribution in [0.3, 0.4) is 0 Å². The van der Waals surface area contributed by atoms with Crippen LogP contribution in [-0.4, -0.2) is 45.3 Å². The molecule has 1 N–H and O–H groups in total. The summed E-state index contributed by atoms with van der Waals surface area (Å²) in [5.74, 6) is -1.84. The number of rotatable bonds is 4. The molecule has 1 saturated carbocycles. The standard InChI is InChI=1S/C25H28F6N2O3/c1-16(13-24(26,27)28)20(34)33-11-9-23(36,22(14-33)7-2-3-8-22)15-32-10-6-17-12-18(25(29,30)31)4-5-19(17)21(32)35/h4-6,10,12,16,36H,2-3,7-9,11,13-15H2,1H3. The average Bonchev–Trinajstić information content (AvgIpc) is 3.25. The predicted octanol–water partition coefficient (Wildman–Crippen LogP) is 5.13. The second-order valence-electron chi connectivity index (χ2n) is 10.3. The second kappa shape index (κ2) is 9.08. The molecule has 198 valence electrons. The molecule has 1 spiro atoms. The molecule has 1 aromatic heterocycles. The quantitative estimate of drug-likeness (QED) is 0.571. The number of nitrogens with zero attached hydrogens (tertiary/aromatic N) is 2. The van der Waals surface area contributed by atoms with Crippen LogP contribution >= 0.6 is 0 Å². The summed E-state index contributed by atoms with van der Waals surface area (Å²) in [7, 11) is 0. The molecular weight excluding hydrogens is 490 g/mol. The van der Waals surface area contributed by atoms with Gasteiger partial charge in [0.25, 0.3) is 5.56 Å². The van der Waals surface area contributed by atoms with Crippen LogP contribution in [0.5, 0.6) is 0 Å². The molecule has 1 amide bonds. The van der Waals surface area contributed by atoms with Crippen LogP contribution in [0.15, 0.2) is 35.3 Å². The zero-order valence-electron chi connectivity index (χ0n) is 19.8. The van der Waals surface area contributed by atoms with E-state index in [1.807, 2.05) is 0 Å². The van der Waals surface area contributed by atoms with Crippen molar-refractivity contribution in [2.24, 2.45) is 11.3 Å². The Hall–Kier alpha value is -2.56. The number of aromatic nitrogens is 1. The number of hydrogen-bond donors (Lipinski definition) is 1. The molecule has 4 rings (SSSR count). The number of likely N-dealkylation sites (tertiary alicyclic amines) is 1. The summed E-state index contributed by atoms with van der Waals surface area (Å²) in [6, 6.07) is 4.26. The first kappa shape index (κ1) is 26.5. The molecular formula is C25H28F6N2O3. The topological polar surface area (TPSA) is 62.5 Å². The second-order valence-corrected chi connectivity index (χ2v) is 10.3. The van der Waals surface area contributed by atoms with Crippen LogP contribution < -0.4 is 5.56 Å². The van der Waals surface area contributed by atoms with E-state index in [1.54, 1.807) is 0 Å². The lowest BCUT2D eigenvalue weighted by atomic mass is 9.65. The third-order valence-corrected chi connectivity index (χ3v) is 7.84. The molecule has 2 unspecified atom stereocenters. The monoisotopic (exact) mass is 518 g/mol. The molecule has 1 aliphatic heterocycles. The summed E-state index contributed by atoms with van der Waals surface area (Å²) < 4.78 is 78.9. The molecule has 1 aromatic carbocycles. The van der Waals surface area contributed by atoms with Crippen LogP contribution in [-0.2, 0) is 17.5 Å². The van der Waals surface area contributed by atoms with Crippen molar-refractivity contribution >= 4 is 16.7 Å². The molecule has 0 bridgehead atoms. The number of hydrogen-bond acceptors (Lipinski definition) is 3. The van der Waals surface area contributed by atoms with E-state index < -0.39 is 52.7 Å². The third-order valence-electron chi connectivity index (χ3n) is 7.84. The molecule has 11 heteroatoms. The number of carbonyl (C=O) groups is 1. The highest BCUT2D eigenvalue weighted by Crippen LogP contribution is 2.52. The van der Waals surface area contributed by atoms with Gasteiger partial charge in [-0.3, -0.25) is 9.59 Å². The van der Waals surface area contributed by atoms with E-state index >= 15 is 0 Å². The average molecular weight is 518 g/mol. The number of amides is 1. The van der Waals surface area contributed by atoms with E-state index in [-0.39, 0.29) is 36.8 Å². The first-order chi connectivity index (χ1) is 16.6. The van der Waals surface area contributed by atoms with Crippen LogP contribution in [0.1, 0.15) is 51.0 Å². The van der Waals surface area contributed by atoms with Crippen LogP contribution in [0.4, 0.5) is 26.3 Å². The van der Waals surface area contributed by atoms with Gasteiger partial charge in [-0.1, -0.05) is 19.8 Å². The molecule has 2 aromatic rings. The molecule has 2 aliphatic rings. The van der Waals surface area contributed by atoms with E-state index in [2.05, 4.69) is 0 Å². The number of aliphatic hydroxyl groups is 1. The fourth-order valence-corrected chi connectivity index (χ4v) is 5.90. The van der Waals surface area contributed by atoms with Crippen LogP contribution in [0.2, 0.25) is 0 Å². The largest absolute Gasteiger partial charge is 0.416 e. The Morgan fingerprint density at radius 1 is 1.08 bits per heavy atom. The Bertz CT molecular complexity index is 1200. The van der Waals surface area contributed by atoms with Gasteiger partial charge in [-0.2, -0.15) is 26.3 Å². The first-order valence-electron chi connectivity index (χ1n) is 11.9. The van der Waals surface area contributed by atoms with Gasteiger partial charge in [0.05, 0.1) is 24.1 Å². The molecule has 2 atom stereocenters. The van der Waals surface area contributed by atoms with Crippen molar-refractivity contribution in [2.45, 2.75) is 69.9 Å². The lowest BCUT2D eigenvalue weighted by molar-refractivity contribution is -0.172. The molecule has 5 nitrogen and oxygen atoms in total.